The Morgan fingerprint density at radius 1 is 0.774 bits per heavy atom. The van der Waals surface area contributed by atoms with Gasteiger partial charge in [-0.2, -0.15) is 0 Å². The smallest absolute Gasteiger partial charge is 0.352 e. The summed E-state index contributed by atoms with van der Waals surface area (Å²) in [5, 5.41) is 4.59. The minimum Gasteiger partial charge on any atom is -0.352 e. The number of hydrogen-bond donors (Lipinski definition) is 0. The molecule has 4 aromatic carbocycles. The second-order valence-electron chi connectivity index (χ2n) is 6.96. The minimum absolute atomic E-state index is 0. The zero-order chi connectivity index (χ0) is 20.2. The summed E-state index contributed by atoms with van der Waals surface area (Å²) in [6.45, 7) is 0. The molecule has 0 bridgehead atoms. The maximum absolute atomic E-state index is 4.74. The SMILES string of the molecule is [C-](=Cc1nccc2ccccc12)c1ccccc1N=Cc1[c-]ccc2ccccc12.[Pd+2]. The van der Waals surface area contributed by atoms with E-state index in [1.54, 1.807) is 0 Å². The van der Waals surface area contributed by atoms with Gasteiger partial charge in [-0.3, -0.25) is 0 Å². The predicted molar refractivity (Wildman–Crippen MR) is 125 cm³/mol. The molecule has 1 heterocycles. The third-order valence-corrected chi connectivity index (χ3v) is 5.06. The fourth-order valence-corrected chi connectivity index (χ4v) is 3.54. The van der Waals surface area contributed by atoms with Crippen LogP contribution in [0.2, 0.25) is 0 Å². The van der Waals surface area contributed by atoms with Crippen LogP contribution in [-0.4, -0.2) is 11.2 Å². The molecule has 0 amide bonds. The first-order valence-corrected chi connectivity index (χ1v) is 9.84. The van der Waals surface area contributed by atoms with Crippen LogP contribution in [0.4, 0.5) is 5.69 Å². The number of nitrogens with zero attached hydrogens (tertiary/aromatic N) is 2. The van der Waals surface area contributed by atoms with Gasteiger partial charge in [0, 0.05) is 6.20 Å². The molecule has 0 spiro atoms. The largest absolute Gasteiger partial charge is 2.00 e. The van der Waals surface area contributed by atoms with Crippen molar-refractivity contribution < 1.29 is 20.4 Å². The molecule has 0 atom stereocenters. The average molecular weight is 489 g/mol. The summed E-state index contributed by atoms with van der Waals surface area (Å²) in [6, 6.07) is 33.8. The van der Waals surface area contributed by atoms with Gasteiger partial charge in [0.25, 0.3) is 0 Å². The van der Waals surface area contributed by atoms with Crippen molar-refractivity contribution in [3.63, 3.8) is 0 Å². The molecule has 0 aliphatic carbocycles. The molecule has 5 rings (SSSR count). The number of aromatic nitrogens is 1. The topological polar surface area (TPSA) is 25.2 Å². The molecule has 0 radical (unpaired) electrons. The van der Waals surface area contributed by atoms with E-state index in [9.17, 15) is 0 Å². The quantitative estimate of drug-likeness (QED) is 0.155. The maximum Gasteiger partial charge on any atom is 2.00 e. The Labute approximate surface area is 195 Å². The Morgan fingerprint density at radius 2 is 1.48 bits per heavy atom. The number of pyridine rings is 1. The second-order valence-corrected chi connectivity index (χ2v) is 6.96. The van der Waals surface area contributed by atoms with Crippen LogP contribution < -0.4 is 0 Å². The molecular formula is C28H18N2Pd. The van der Waals surface area contributed by atoms with Crippen molar-refractivity contribution in [2.75, 3.05) is 0 Å². The van der Waals surface area contributed by atoms with E-state index in [0.29, 0.717) is 0 Å². The Balaban J connectivity index is 0.00000231. The van der Waals surface area contributed by atoms with Gasteiger partial charge in [-0.1, -0.05) is 66.9 Å². The summed E-state index contributed by atoms with van der Waals surface area (Å²) in [4.78, 5) is 9.26. The van der Waals surface area contributed by atoms with Gasteiger partial charge in [0.15, 0.2) is 0 Å². The predicted octanol–water partition coefficient (Wildman–Crippen LogP) is 6.80. The van der Waals surface area contributed by atoms with Crippen molar-refractivity contribution in [2.24, 2.45) is 4.99 Å². The Hall–Kier alpha value is -3.38. The van der Waals surface area contributed by atoms with Crippen LogP contribution in [0.15, 0.2) is 102 Å². The minimum atomic E-state index is 0. The van der Waals surface area contributed by atoms with Gasteiger partial charge in [-0.05, 0) is 28.2 Å². The van der Waals surface area contributed by atoms with Crippen LogP contribution in [0.3, 0.4) is 0 Å². The first-order chi connectivity index (χ1) is 14.9. The zero-order valence-corrected chi connectivity index (χ0v) is 18.2. The second kappa shape index (κ2) is 9.62. The van der Waals surface area contributed by atoms with E-state index in [0.717, 1.165) is 33.3 Å². The van der Waals surface area contributed by atoms with E-state index in [-0.39, 0.29) is 20.4 Å². The third kappa shape index (κ3) is 4.54. The van der Waals surface area contributed by atoms with E-state index in [4.69, 9.17) is 4.99 Å². The molecule has 0 saturated heterocycles. The van der Waals surface area contributed by atoms with Crippen LogP contribution in [0.1, 0.15) is 16.8 Å². The number of rotatable bonds is 4. The fourth-order valence-electron chi connectivity index (χ4n) is 3.54. The monoisotopic (exact) mass is 488 g/mol. The molecular weight excluding hydrogens is 471 g/mol. The molecule has 31 heavy (non-hydrogen) atoms. The Kier molecular flexibility index (Phi) is 6.48. The first-order valence-electron chi connectivity index (χ1n) is 9.84. The van der Waals surface area contributed by atoms with Crippen molar-refractivity contribution in [3.05, 3.63) is 126 Å². The molecule has 2 nitrogen and oxygen atoms in total. The molecule has 0 unspecified atom stereocenters. The van der Waals surface area contributed by atoms with Crippen LogP contribution in [0.25, 0.3) is 27.6 Å². The van der Waals surface area contributed by atoms with Gasteiger partial charge in [0.1, 0.15) is 0 Å². The number of para-hydroxylation sites is 1. The van der Waals surface area contributed by atoms with Crippen molar-refractivity contribution in [3.8, 4) is 0 Å². The summed E-state index contributed by atoms with van der Waals surface area (Å²) < 4.78 is 0. The standard InChI is InChI=1S/C28H18N2.Pd/c1-4-13-25-21(8-1)11-7-12-24(25)20-30-27-15-6-3-10-23(27)16-17-28-26-14-5-2-9-22(26)18-19-29-28;/h1-11,13-15,17-20H;/q-2;+2. The molecule has 0 saturated carbocycles. The molecule has 0 N–H and O–H groups in total. The van der Waals surface area contributed by atoms with E-state index in [1.807, 2.05) is 79.2 Å². The number of hydrogen-bond acceptors (Lipinski definition) is 2. The number of fused-ring (bicyclic) bond motifs is 2. The van der Waals surface area contributed by atoms with Gasteiger partial charge in [0.05, 0.1) is 0 Å². The molecule has 150 valence electrons. The average Bonchev–Trinajstić information content (AvgIpc) is 2.82. The summed E-state index contributed by atoms with van der Waals surface area (Å²) in [5.41, 5.74) is 3.65. The van der Waals surface area contributed by atoms with Gasteiger partial charge in [0.2, 0.25) is 0 Å². The van der Waals surface area contributed by atoms with E-state index in [2.05, 4.69) is 47.5 Å². The molecule has 1 aromatic heterocycles. The normalized spacial score (nSPS) is 11.4. The first kappa shape index (κ1) is 20.9. The third-order valence-electron chi connectivity index (χ3n) is 5.06. The number of benzene rings is 4. The van der Waals surface area contributed by atoms with Gasteiger partial charge < -0.3 is 9.98 Å². The van der Waals surface area contributed by atoms with Gasteiger partial charge >= 0.3 is 20.4 Å². The summed E-state index contributed by atoms with van der Waals surface area (Å²) in [6.07, 6.45) is 9.02. The van der Waals surface area contributed by atoms with Crippen LogP contribution in [0, 0.1) is 12.1 Å². The van der Waals surface area contributed by atoms with Crippen molar-refractivity contribution >= 4 is 39.5 Å². The molecule has 5 aromatic rings. The van der Waals surface area contributed by atoms with Crippen molar-refractivity contribution in [1.82, 2.24) is 4.98 Å². The molecule has 0 fully saturated rings. The fraction of sp³-hybridized carbons (Fsp3) is 0. The zero-order valence-electron chi connectivity index (χ0n) is 16.6. The number of aliphatic imine (C=N–C) groups is 1. The summed E-state index contributed by atoms with van der Waals surface area (Å²) >= 11 is 0. The Morgan fingerprint density at radius 3 is 2.35 bits per heavy atom. The van der Waals surface area contributed by atoms with Crippen LogP contribution in [-0.2, 0) is 20.4 Å². The van der Waals surface area contributed by atoms with Gasteiger partial charge in [-0.15, -0.1) is 64.4 Å². The van der Waals surface area contributed by atoms with E-state index in [1.165, 1.54) is 10.8 Å². The van der Waals surface area contributed by atoms with E-state index >= 15 is 0 Å². The van der Waals surface area contributed by atoms with Crippen molar-refractivity contribution in [1.29, 1.82) is 0 Å². The molecule has 0 aliphatic heterocycles. The van der Waals surface area contributed by atoms with Crippen molar-refractivity contribution in [2.45, 2.75) is 0 Å². The maximum atomic E-state index is 4.74. The Bertz CT molecular complexity index is 1280. The van der Waals surface area contributed by atoms with Crippen LogP contribution in [0.5, 0.6) is 0 Å². The molecule has 0 aliphatic rings. The van der Waals surface area contributed by atoms with Crippen LogP contribution >= 0.6 is 0 Å². The van der Waals surface area contributed by atoms with Gasteiger partial charge in [-0.25, -0.2) is 0 Å². The molecule has 3 heteroatoms. The van der Waals surface area contributed by atoms with E-state index < -0.39 is 0 Å². The summed E-state index contributed by atoms with van der Waals surface area (Å²) in [5.74, 6) is 0. The summed E-state index contributed by atoms with van der Waals surface area (Å²) in [7, 11) is 0.